The first kappa shape index (κ1) is 19.0. The number of carbonyl (C=O) groups excluding carboxylic acids is 1. The van der Waals surface area contributed by atoms with Crippen molar-refractivity contribution in [3.05, 3.63) is 64.2 Å². The lowest BCUT2D eigenvalue weighted by molar-refractivity contribution is -0.385. The van der Waals surface area contributed by atoms with Gasteiger partial charge in [-0.2, -0.15) is 4.31 Å². The predicted molar refractivity (Wildman–Crippen MR) is 100 cm³/mol. The summed E-state index contributed by atoms with van der Waals surface area (Å²) in [4.78, 5) is 22.9. The number of nitrogens with one attached hydrogen (secondary N) is 1. The van der Waals surface area contributed by atoms with Crippen LogP contribution in [0.25, 0.3) is 0 Å². The number of sulfonamides is 1. The molecular weight excluding hydrogens is 370 g/mol. The Morgan fingerprint density at radius 1 is 1.00 bits per heavy atom. The first-order valence-corrected chi connectivity index (χ1v) is 9.98. The van der Waals surface area contributed by atoms with E-state index in [2.05, 4.69) is 5.32 Å². The smallest absolute Gasteiger partial charge is 0.282 e. The van der Waals surface area contributed by atoms with Gasteiger partial charge >= 0.3 is 0 Å². The molecule has 1 N–H and O–H groups in total. The molecule has 27 heavy (non-hydrogen) atoms. The standard InChI is InChI=1S/C18H19N3O5S/c22-18(16-6-2-3-7-17(16)21(23)24)19-14-8-10-15(11-9-14)27(25,26)20-12-4-1-5-13-20/h2-3,6-11H,1,4-5,12-13H2,(H,19,22). The molecule has 3 rings (SSSR count). The molecule has 0 atom stereocenters. The lowest BCUT2D eigenvalue weighted by atomic mass is 10.1. The van der Waals surface area contributed by atoms with Crippen LogP contribution < -0.4 is 5.32 Å². The van der Waals surface area contributed by atoms with Crippen LogP contribution in [0.15, 0.2) is 53.4 Å². The van der Waals surface area contributed by atoms with Gasteiger partial charge in [-0.25, -0.2) is 8.42 Å². The third-order valence-electron chi connectivity index (χ3n) is 4.41. The van der Waals surface area contributed by atoms with Crippen molar-refractivity contribution in [3.8, 4) is 0 Å². The van der Waals surface area contributed by atoms with E-state index in [0.29, 0.717) is 18.8 Å². The van der Waals surface area contributed by atoms with E-state index in [9.17, 15) is 23.3 Å². The van der Waals surface area contributed by atoms with Crippen LogP contribution in [0, 0.1) is 10.1 Å². The van der Waals surface area contributed by atoms with Crippen molar-refractivity contribution in [2.45, 2.75) is 24.2 Å². The number of nitro benzene ring substituents is 1. The van der Waals surface area contributed by atoms with Gasteiger partial charge in [0.2, 0.25) is 10.0 Å². The van der Waals surface area contributed by atoms with E-state index in [1.807, 2.05) is 0 Å². The molecule has 2 aromatic carbocycles. The van der Waals surface area contributed by atoms with Crippen LogP contribution in [0.1, 0.15) is 29.6 Å². The van der Waals surface area contributed by atoms with Gasteiger partial charge in [-0.15, -0.1) is 0 Å². The molecule has 0 aromatic heterocycles. The largest absolute Gasteiger partial charge is 0.322 e. The van der Waals surface area contributed by atoms with Gasteiger partial charge in [-0.05, 0) is 43.2 Å². The zero-order valence-corrected chi connectivity index (χ0v) is 15.3. The van der Waals surface area contributed by atoms with Crippen LogP contribution in [-0.4, -0.2) is 36.6 Å². The number of benzene rings is 2. The molecule has 9 heteroatoms. The van der Waals surface area contributed by atoms with Crippen LogP contribution in [-0.2, 0) is 10.0 Å². The summed E-state index contributed by atoms with van der Waals surface area (Å²) in [6, 6.07) is 11.4. The van der Waals surface area contributed by atoms with E-state index < -0.39 is 20.9 Å². The van der Waals surface area contributed by atoms with Crippen LogP contribution in [0.4, 0.5) is 11.4 Å². The number of hydrogen-bond donors (Lipinski definition) is 1. The fourth-order valence-corrected chi connectivity index (χ4v) is 4.50. The Morgan fingerprint density at radius 2 is 1.63 bits per heavy atom. The van der Waals surface area contributed by atoms with E-state index in [1.165, 1.54) is 52.8 Å². The number of hydrogen-bond acceptors (Lipinski definition) is 5. The molecule has 0 unspecified atom stereocenters. The topological polar surface area (TPSA) is 110 Å². The molecule has 0 aliphatic carbocycles. The maximum Gasteiger partial charge on any atom is 0.282 e. The molecule has 2 aromatic rings. The van der Waals surface area contributed by atoms with Crippen LogP contribution in [0.3, 0.4) is 0 Å². The molecule has 0 spiro atoms. The molecule has 0 radical (unpaired) electrons. The minimum absolute atomic E-state index is 0.0625. The Labute approximate surface area is 157 Å². The first-order chi connectivity index (χ1) is 12.9. The molecule has 1 saturated heterocycles. The number of piperidine rings is 1. The molecular formula is C18H19N3O5S. The van der Waals surface area contributed by atoms with E-state index in [4.69, 9.17) is 0 Å². The minimum atomic E-state index is -3.55. The molecule has 1 amide bonds. The summed E-state index contributed by atoms with van der Waals surface area (Å²) in [5.41, 5.74) is 0.00237. The van der Waals surface area contributed by atoms with E-state index >= 15 is 0 Å². The highest BCUT2D eigenvalue weighted by Crippen LogP contribution is 2.23. The number of anilines is 1. The summed E-state index contributed by atoms with van der Waals surface area (Å²) < 4.78 is 26.7. The summed E-state index contributed by atoms with van der Waals surface area (Å²) in [5, 5.41) is 13.6. The minimum Gasteiger partial charge on any atom is -0.322 e. The molecule has 1 aliphatic heterocycles. The second-order valence-corrected chi connectivity index (χ2v) is 8.16. The van der Waals surface area contributed by atoms with Gasteiger partial charge in [-0.3, -0.25) is 14.9 Å². The van der Waals surface area contributed by atoms with Gasteiger partial charge in [0.05, 0.1) is 9.82 Å². The Bertz CT molecular complexity index is 951. The molecule has 142 valence electrons. The molecule has 1 fully saturated rings. The number of amides is 1. The molecule has 1 aliphatic rings. The predicted octanol–water partition coefficient (Wildman–Crippen LogP) is 3.02. The Balaban J connectivity index is 1.76. The average molecular weight is 389 g/mol. The Hall–Kier alpha value is -2.78. The van der Waals surface area contributed by atoms with Gasteiger partial charge < -0.3 is 5.32 Å². The average Bonchev–Trinajstić information content (AvgIpc) is 2.69. The van der Waals surface area contributed by atoms with Crippen molar-refractivity contribution in [2.75, 3.05) is 18.4 Å². The summed E-state index contributed by atoms with van der Waals surface area (Å²) in [7, 11) is -3.55. The highest BCUT2D eigenvalue weighted by Gasteiger charge is 2.26. The van der Waals surface area contributed by atoms with Gasteiger partial charge in [0.15, 0.2) is 0 Å². The van der Waals surface area contributed by atoms with Crippen LogP contribution in [0.2, 0.25) is 0 Å². The summed E-state index contributed by atoms with van der Waals surface area (Å²) in [5.74, 6) is -0.631. The van der Waals surface area contributed by atoms with Crippen LogP contribution in [0.5, 0.6) is 0 Å². The number of nitrogens with zero attached hydrogens (tertiary/aromatic N) is 2. The summed E-state index contributed by atoms with van der Waals surface area (Å²) >= 11 is 0. The van der Waals surface area contributed by atoms with Gasteiger partial charge in [0.25, 0.3) is 11.6 Å². The quantitative estimate of drug-likeness (QED) is 0.624. The number of carbonyl (C=O) groups is 1. The van der Waals surface area contributed by atoms with Gasteiger partial charge in [-0.1, -0.05) is 18.6 Å². The maximum atomic E-state index is 12.6. The summed E-state index contributed by atoms with van der Waals surface area (Å²) in [6.45, 7) is 1.02. The Morgan fingerprint density at radius 3 is 2.26 bits per heavy atom. The number of para-hydroxylation sites is 1. The fourth-order valence-electron chi connectivity index (χ4n) is 2.99. The van der Waals surface area contributed by atoms with Gasteiger partial charge in [0, 0.05) is 24.8 Å². The van der Waals surface area contributed by atoms with E-state index in [1.54, 1.807) is 0 Å². The second-order valence-electron chi connectivity index (χ2n) is 6.22. The lowest BCUT2D eigenvalue weighted by Crippen LogP contribution is -2.35. The van der Waals surface area contributed by atoms with Crippen molar-refractivity contribution < 1.29 is 18.1 Å². The van der Waals surface area contributed by atoms with Crippen molar-refractivity contribution in [2.24, 2.45) is 0 Å². The number of rotatable bonds is 5. The molecule has 0 bridgehead atoms. The van der Waals surface area contributed by atoms with Crippen molar-refractivity contribution in [1.82, 2.24) is 4.31 Å². The highest BCUT2D eigenvalue weighted by atomic mass is 32.2. The molecule has 8 nitrogen and oxygen atoms in total. The van der Waals surface area contributed by atoms with Crippen molar-refractivity contribution in [1.29, 1.82) is 0 Å². The highest BCUT2D eigenvalue weighted by molar-refractivity contribution is 7.89. The second kappa shape index (κ2) is 7.85. The SMILES string of the molecule is O=C(Nc1ccc(S(=O)(=O)N2CCCCC2)cc1)c1ccccc1[N+](=O)[O-]. The van der Waals surface area contributed by atoms with Crippen molar-refractivity contribution in [3.63, 3.8) is 0 Å². The third-order valence-corrected chi connectivity index (χ3v) is 6.32. The third kappa shape index (κ3) is 4.15. The lowest BCUT2D eigenvalue weighted by Gasteiger charge is -2.25. The fraction of sp³-hybridized carbons (Fsp3) is 0.278. The van der Waals surface area contributed by atoms with Crippen molar-refractivity contribution >= 4 is 27.3 Å². The van der Waals surface area contributed by atoms with E-state index in [-0.39, 0.29) is 16.1 Å². The zero-order chi connectivity index (χ0) is 19.4. The monoisotopic (exact) mass is 389 g/mol. The molecule has 0 saturated carbocycles. The number of nitro groups is 1. The van der Waals surface area contributed by atoms with Crippen LogP contribution >= 0.6 is 0 Å². The maximum absolute atomic E-state index is 12.6. The van der Waals surface area contributed by atoms with Gasteiger partial charge in [0.1, 0.15) is 5.56 Å². The Kier molecular flexibility index (Phi) is 5.52. The summed E-state index contributed by atoms with van der Waals surface area (Å²) in [6.07, 6.45) is 2.73. The van der Waals surface area contributed by atoms with E-state index in [0.717, 1.165) is 19.3 Å². The molecule has 1 heterocycles. The zero-order valence-electron chi connectivity index (χ0n) is 14.5. The first-order valence-electron chi connectivity index (χ1n) is 8.54. The normalized spacial score (nSPS) is 15.3.